The Kier molecular flexibility index (Phi) is 5.20. The van der Waals surface area contributed by atoms with Crippen LogP contribution in [0, 0.1) is 6.92 Å². The number of halogens is 1. The summed E-state index contributed by atoms with van der Waals surface area (Å²) in [5.74, 6) is 0.0381. The Morgan fingerprint density at radius 2 is 2.00 bits per heavy atom. The molecule has 0 unspecified atom stereocenters. The largest absolute Gasteiger partial charge is 0.350 e. The van der Waals surface area contributed by atoms with E-state index in [9.17, 15) is 4.79 Å². The van der Waals surface area contributed by atoms with Gasteiger partial charge in [-0.1, -0.05) is 29.8 Å². The number of nitrogens with one attached hydrogen (secondary N) is 2. The van der Waals surface area contributed by atoms with Crippen LogP contribution in [0.15, 0.2) is 54.9 Å². The molecule has 0 bridgehead atoms. The fraction of sp³-hybridized carbons (Fsp3) is 0.111. The predicted octanol–water partition coefficient (Wildman–Crippen LogP) is 3.70. The van der Waals surface area contributed by atoms with Gasteiger partial charge in [0.15, 0.2) is 0 Å². The molecule has 126 valence electrons. The van der Waals surface area contributed by atoms with E-state index >= 15 is 0 Å². The number of para-hydroxylation sites is 1. The number of aryl methyl sites for hydroxylation is 1. The minimum absolute atomic E-state index is 0.265. The van der Waals surface area contributed by atoms with Crippen molar-refractivity contribution in [2.24, 2.45) is 0 Å². The van der Waals surface area contributed by atoms with Crippen molar-refractivity contribution in [1.29, 1.82) is 0 Å². The van der Waals surface area contributed by atoms with E-state index in [1.165, 1.54) is 0 Å². The molecule has 1 aromatic carbocycles. The molecule has 0 fully saturated rings. The number of benzene rings is 1. The van der Waals surface area contributed by atoms with Gasteiger partial charge >= 0.3 is 0 Å². The van der Waals surface area contributed by atoms with Gasteiger partial charge in [0.2, 0.25) is 5.95 Å². The van der Waals surface area contributed by atoms with Crippen molar-refractivity contribution in [2.45, 2.75) is 13.5 Å². The van der Waals surface area contributed by atoms with Gasteiger partial charge in [0, 0.05) is 24.6 Å². The lowest BCUT2D eigenvalue weighted by atomic mass is 10.2. The number of anilines is 2. The second-order valence-electron chi connectivity index (χ2n) is 5.37. The van der Waals surface area contributed by atoms with Crippen molar-refractivity contribution in [2.75, 3.05) is 10.6 Å². The van der Waals surface area contributed by atoms with Crippen LogP contribution in [-0.4, -0.2) is 20.9 Å². The second-order valence-corrected chi connectivity index (χ2v) is 5.77. The van der Waals surface area contributed by atoms with Crippen molar-refractivity contribution >= 4 is 29.1 Å². The first-order valence-corrected chi connectivity index (χ1v) is 8.04. The molecule has 0 atom stereocenters. The molecule has 0 aliphatic rings. The molecule has 0 aliphatic heterocycles. The molecule has 2 N–H and O–H groups in total. The maximum atomic E-state index is 12.4. The van der Waals surface area contributed by atoms with Crippen molar-refractivity contribution in [3.63, 3.8) is 0 Å². The number of amides is 1. The van der Waals surface area contributed by atoms with Crippen LogP contribution in [0.4, 0.5) is 11.6 Å². The molecule has 7 heteroatoms. The van der Waals surface area contributed by atoms with Crippen LogP contribution >= 0.6 is 11.6 Å². The average Bonchev–Trinajstić information content (AvgIpc) is 2.62. The SMILES string of the molecule is Cc1cc(C(=O)Nc2ccccc2Cl)nc(NCc2cccnc2)n1. The van der Waals surface area contributed by atoms with E-state index in [2.05, 4.69) is 25.6 Å². The molecule has 0 spiro atoms. The van der Waals surface area contributed by atoms with Gasteiger partial charge < -0.3 is 10.6 Å². The van der Waals surface area contributed by atoms with Crippen LogP contribution in [0.3, 0.4) is 0 Å². The van der Waals surface area contributed by atoms with Crippen LogP contribution in [0.5, 0.6) is 0 Å². The summed E-state index contributed by atoms with van der Waals surface area (Å²) < 4.78 is 0. The zero-order chi connectivity index (χ0) is 17.6. The highest BCUT2D eigenvalue weighted by molar-refractivity contribution is 6.33. The Morgan fingerprint density at radius 3 is 2.76 bits per heavy atom. The van der Waals surface area contributed by atoms with Crippen LogP contribution in [0.1, 0.15) is 21.7 Å². The molecule has 3 aromatic rings. The quantitative estimate of drug-likeness (QED) is 0.731. The lowest BCUT2D eigenvalue weighted by Gasteiger charge is -2.09. The summed E-state index contributed by atoms with van der Waals surface area (Å²) in [5.41, 5.74) is 2.49. The number of carbonyl (C=O) groups is 1. The molecule has 2 aromatic heterocycles. The van der Waals surface area contributed by atoms with Crippen LogP contribution in [0.25, 0.3) is 0 Å². The third-order valence-corrected chi connectivity index (χ3v) is 3.71. The molecule has 0 saturated heterocycles. The Bertz CT molecular complexity index is 886. The van der Waals surface area contributed by atoms with E-state index in [0.717, 1.165) is 5.56 Å². The van der Waals surface area contributed by atoms with E-state index in [0.29, 0.717) is 28.9 Å². The third-order valence-electron chi connectivity index (χ3n) is 3.38. The van der Waals surface area contributed by atoms with Gasteiger partial charge in [-0.15, -0.1) is 0 Å². The first-order valence-electron chi connectivity index (χ1n) is 7.66. The zero-order valence-corrected chi connectivity index (χ0v) is 14.3. The first kappa shape index (κ1) is 16.9. The smallest absolute Gasteiger partial charge is 0.274 e. The second kappa shape index (κ2) is 7.72. The van der Waals surface area contributed by atoms with Gasteiger partial charge in [-0.3, -0.25) is 9.78 Å². The van der Waals surface area contributed by atoms with Gasteiger partial charge in [0.1, 0.15) is 5.69 Å². The normalized spacial score (nSPS) is 10.3. The minimum atomic E-state index is -0.344. The number of nitrogens with zero attached hydrogens (tertiary/aromatic N) is 3. The molecular formula is C18H16ClN5O. The van der Waals surface area contributed by atoms with Crippen molar-refractivity contribution in [1.82, 2.24) is 15.0 Å². The molecule has 25 heavy (non-hydrogen) atoms. The van der Waals surface area contributed by atoms with Crippen molar-refractivity contribution in [3.8, 4) is 0 Å². The molecular weight excluding hydrogens is 338 g/mol. The van der Waals surface area contributed by atoms with Crippen molar-refractivity contribution < 1.29 is 4.79 Å². The summed E-state index contributed by atoms with van der Waals surface area (Å²) in [6.45, 7) is 2.33. The summed E-state index contributed by atoms with van der Waals surface area (Å²) in [7, 11) is 0. The number of hydrogen-bond donors (Lipinski definition) is 2. The fourth-order valence-electron chi connectivity index (χ4n) is 2.20. The van der Waals surface area contributed by atoms with Gasteiger partial charge in [0.05, 0.1) is 10.7 Å². The number of carbonyl (C=O) groups excluding carboxylic acids is 1. The summed E-state index contributed by atoms with van der Waals surface area (Å²) in [6, 6.07) is 12.5. The summed E-state index contributed by atoms with van der Waals surface area (Å²) in [5, 5.41) is 6.33. The highest BCUT2D eigenvalue weighted by Gasteiger charge is 2.12. The molecule has 0 aliphatic carbocycles. The van der Waals surface area contributed by atoms with Crippen LogP contribution in [0.2, 0.25) is 5.02 Å². The van der Waals surface area contributed by atoms with E-state index in [4.69, 9.17) is 11.6 Å². The van der Waals surface area contributed by atoms with Crippen LogP contribution in [-0.2, 0) is 6.54 Å². The van der Waals surface area contributed by atoms with Crippen LogP contribution < -0.4 is 10.6 Å². The van der Waals surface area contributed by atoms with E-state index in [1.807, 2.05) is 19.1 Å². The van der Waals surface area contributed by atoms with Gasteiger partial charge in [-0.25, -0.2) is 9.97 Å². The fourth-order valence-corrected chi connectivity index (χ4v) is 2.38. The standard InChI is InChI=1S/C18H16ClN5O/c1-12-9-16(17(25)23-15-7-3-2-6-14(15)19)24-18(22-12)21-11-13-5-4-8-20-10-13/h2-10H,11H2,1H3,(H,23,25)(H,21,22,24). The summed E-state index contributed by atoms with van der Waals surface area (Å²) in [6.07, 6.45) is 3.47. The third kappa shape index (κ3) is 4.51. The predicted molar refractivity (Wildman–Crippen MR) is 97.7 cm³/mol. The van der Waals surface area contributed by atoms with Gasteiger partial charge in [-0.2, -0.15) is 0 Å². The minimum Gasteiger partial charge on any atom is -0.350 e. The Hall–Kier alpha value is -2.99. The van der Waals surface area contributed by atoms with Crippen molar-refractivity contribution in [3.05, 3.63) is 76.8 Å². The Morgan fingerprint density at radius 1 is 1.16 bits per heavy atom. The molecule has 1 amide bonds. The monoisotopic (exact) mass is 353 g/mol. The Balaban J connectivity index is 1.74. The zero-order valence-electron chi connectivity index (χ0n) is 13.5. The summed E-state index contributed by atoms with van der Waals surface area (Å²) in [4.78, 5) is 25.1. The lowest BCUT2D eigenvalue weighted by molar-refractivity contribution is 0.102. The van der Waals surface area contributed by atoms with E-state index in [1.54, 1.807) is 42.7 Å². The highest BCUT2D eigenvalue weighted by atomic mass is 35.5. The van der Waals surface area contributed by atoms with Gasteiger partial charge in [-0.05, 0) is 36.8 Å². The first-order chi connectivity index (χ1) is 12.1. The molecule has 0 saturated carbocycles. The highest BCUT2D eigenvalue weighted by Crippen LogP contribution is 2.21. The number of pyridine rings is 1. The maximum Gasteiger partial charge on any atom is 0.274 e. The number of aromatic nitrogens is 3. The van der Waals surface area contributed by atoms with Gasteiger partial charge in [0.25, 0.3) is 5.91 Å². The molecule has 6 nitrogen and oxygen atoms in total. The van der Waals surface area contributed by atoms with E-state index in [-0.39, 0.29) is 11.6 Å². The number of hydrogen-bond acceptors (Lipinski definition) is 5. The molecule has 3 rings (SSSR count). The lowest BCUT2D eigenvalue weighted by Crippen LogP contribution is -2.16. The van der Waals surface area contributed by atoms with E-state index < -0.39 is 0 Å². The maximum absolute atomic E-state index is 12.4. The summed E-state index contributed by atoms with van der Waals surface area (Å²) >= 11 is 6.07. The topological polar surface area (TPSA) is 79.8 Å². The molecule has 2 heterocycles. The number of rotatable bonds is 5. The molecule has 0 radical (unpaired) electrons. The average molecular weight is 354 g/mol. The Labute approximate surface area is 150 Å².